The van der Waals surface area contributed by atoms with E-state index in [0.29, 0.717) is 0 Å². The summed E-state index contributed by atoms with van der Waals surface area (Å²) in [5.74, 6) is 0.968. The van der Waals surface area contributed by atoms with Gasteiger partial charge in [0.05, 0.1) is 5.52 Å². The van der Waals surface area contributed by atoms with Crippen molar-refractivity contribution < 1.29 is 5.11 Å². The van der Waals surface area contributed by atoms with E-state index in [1.165, 1.54) is 0 Å². The fraction of sp³-hybridized carbons (Fsp3) is 0.125. The quantitative estimate of drug-likeness (QED) is 0.712. The Morgan fingerprint density at radius 3 is 2.76 bits per heavy atom. The van der Waals surface area contributed by atoms with Crippen LogP contribution >= 0.6 is 11.8 Å². The molecule has 2 aromatic carbocycles. The molecule has 2 N–H and O–H groups in total. The molecule has 0 radical (unpaired) electrons. The molecule has 0 amide bonds. The SMILES string of the molecule is CSc1ccc2ncnc(Nc3cc(O)ccc3C)c2c1. The van der Waals surface area contributed by atoms with Crippen molar-refractivity contribution >= 4 is 34.2 Å². The molecule has 21 heavy (non-hydrogen) atoms. The number of nitrogens with one attached hydrogen (secondary N) is 1. The molecule has 4 nitrogen and oxygen atoms in total. The Morgan fingerprint density at radius 1 is 1.10 bits per heavy atom. The molecule has 106 valence electrons. The lowest BCUT2D eigenvalue weighted by atomic mass is 10.1. The number of hydrogen-bond acceptors (Lipinski definition) is 5. The summed E-state index contributed by atoms with van der Waals surface area (Å²) in [5.41, 5.74) is 2.77. The first-order valence-corrected chi connectivity index (χ1v) is 7.75. The van der Waals surface area contributed by atoms with Gasteiger partial charge in [-0.1, -0.05) is 6.07 Å². The first kappa shape index (κ1) is 13.7. The van der Waals surface area contributed by atoms with Crippen LogP contribution in [0.15, 0.2) is 47.6 Å². The lowest BCUT2D eigenvalue weighted by molar-refractivity contribution is 0.475. The minimum atomic E-state index is 0.228. The van der Waals surface area contributed by atoms with E-state index in [0.717, 1.165) is 32.9 Å². The van der Waals surface area contributed by atoms with Gasteiger partial charge < -0.3 is 10.4 Å². The number of thioether (sulfide) groups is 1. The first-order chi connectivity index (χ1) is 10.2. The summed E-state index contributed by atoms with van der Waals surface area (Å²) in [6.45, 7) is 1.98. The number of anilines is 2. The minimum absolute atomic E-state index is 0.228. The van der Waals surface area contributed by atoms with E-state index in [2.05, 4.69) is 21.4 Å². The molecule has 0 aliphatic heterocycles. The van der Waals surface area contributed by atoms with E-state index in [-0.39, 0.29) is 5.75 Å². The first-order valence-electron chi connectivity index (χ1n) is 6.53. The summed E-state index contributed by atoms with van der Waals surface area (Å²) < 4.78 is 0. The Morgan fingerprint density at radius 2 is 1.95 bits per heavy atom. The summed E-state index contributed by atoms with van der Waals surface area (Å²) in [7, 11) is 0. The van der Waals surface area contributed by atoms with Crippen LogP contribution in [0.5, 0.6) is 5.75 Å². The number of nitrogens with zero attached hydrogens (tertiary/aromatic N) is 2. The van der Waals surface area contributed by atoms with E-state index >= 15 is 0 Å². The Hall–Kier alpha value is -2.27. The van der Waals surface area contributed by atoms with Gasteiger partial charge in [0.25, 0.3) is 0 Å². The topological polar surface area (TPSA) is 58.0 Å². The average Bonchev–Trinajstić information content (AvgIpc) is 2.51. The second-order valence-electron chi connectivity index (χ2n) is 4.73. The highest BCUT2D eigenvalue weighted by atomic mass is 32.2. The third-order valence-electron chi connectivity index (χ3n) is 3.32. The molecule has 0 unspecified atom stereocenters. The van der Waals surface area contributed by atoms with Crippen LogP contribution in [0.25, 0.3) is 10.9 Å². The third-order valence-corrected chi connectivity index (χ3v) is 4.04. The zero-order chi connectivity index (χ0) is 14.8. The smallest absolute Gasteiger partial charge is 0.141 e. The van der Waals surface area contributed by atoms with Crippen molar-refractivity contribution in [3.05, 3.63) is 48.3 Å². The number of phenols is 1. The molecule has 0 saturated carbocycles. The molecule has 0 atom stereocenters. The van der Waals surface area contributed by atoms with Crippen molar-refractivity contribution in [2.75, 3.05) is 11.6 Å². The van der Waals surface area contributed by atoms with Gasteiger partial charge in [-0.05, 0) is 43.0 Å². The normalized spacial score (nSPS) is 10.8. The summed E-state index contributed by atoms with van der Waals surface area (Å²) in [6, 6.07) is 11.3. The molecular weight excluding hydrogens is 282 g/mol. The molecule has 0 spiro atoms. The molecule has 1 heterocycles. The van der Waals surface area contributed by atoms with Crippen LogP contribution in [-0.2, 0) is 0 Å². The molecule has 0 fully saturated rings. The van der Waals surface area contributed by atoms with Crippen molar-refractivity contribution in [2.24, 2.45) is 0 Å². The zero-order valence-corrected chi connectivity index (χ0v) is 12.6. The number of aromatic hydroxyl groups is 1. The van der Waals surface area contributed by atoms with Gasteiger partial charge in [-0.25, -0.2) is 9.97 Å². The van der Waals surface area contributed by atoms with Gasteiger partial charge in [0.1, 0.15) is 17.9 Å². The average molecular weight is 297 g/mol. The van der Waals surface area contributed by atoms with Crippen molar-refractivity contribution in [1.82, 2.24) is 9.97 Å². The molecule has 0 saturated heterocycles. The summed E-state index contributed by atoms with van der Waals surface area (Å²) in [5, 5.41) is 13.9. The molecule has 5 heteroatoms. The van der Waals surface area contributed by atoms with E-state index in [1.807, 2.05) is 31.4 Å². The maximum Gasteiger partial charge on any atom is 0.141 e. The lowest BCUT2D eigenvalue weighted by Crippen LogP contribution is -1.97. The molecular formula is C16H15N3OS. The minimum Gasteiger partial charge on any atom is -0.508 e. The Labute approximate surface area is 127 Å². The van der Waals surface area contributed by atoms with Crippen LogP contribution < -0.4 is 5.32 Å². The maximum absolute atomic E-state index is 9.63. The van der Waals surface area contributed by atoms with Gasteiger partial charge in [-0.2, -0.15) is 0 Å². The van der Waals surface area contributed by atoms with Gasteiger partial charge >= 0.3 is 0 Å². The van der Waals surface area contributed by atoms with Gasteiger partial charge in [0, 0.05) is 22.0 Å². The maximum atomic E-state index is 9.63. The highest BCUT2D eigenvalue weighted by Crippen LogP contribution is 2.29. The highest BCUT2D eigenvalue weighted by Gasteiger charge is 2.07. The van der Waals surface area contributed by atoms with E-state index in [1.54, 1.807) is 30.2 Å². The summed E-state index contributed by atoms with van der Waals surface area (Å²) in [4.78, 5) is 9.78. The second-order valence-corrected chi connectivity index (χ2v) is 5.61. The van der Waals surface area contributed by atoms with Crippen molar-refractivity contribution in [1.29, 1.82) is 0 Å². The summed E-state index contributed by atoms with van der Waals surface area (Å²) in [6.07, 6.45) is 3.58. The molecule has 3 rings (SSSR count). The number of aromatic nitrogens is 2. The van der Waals surface area contributed by atoms with Gasteiger partial charge in [-0.3, -0.25) is 0 Å². The largest absolute Gasteiger partial charge is 0.508 e. The summed E-state index contributed by atoms with van der Waals surface area (Å²) >= 11 is 1.68. The number of benzene rings is 2. The lowest BCUT2D eigenvalue weighted by Gasteiger charge is -2.11. The van der Waals surface area contributed by atoms with Crippen LogP contribution in [0.2, 0.25) is 0 Å². The molecule has 0 aliphatic carbocycles. The van der Waals surface area contributed by atoms with E-state index < -0.39 is 0 Å². The number of phenolic OH excluding ortho intramolecular Hbond substituents is 1. The van der Waals surface area contributed by atoms with Crippen LogP contribution in [-0.4, -0.2) is 21.3 Å². The number of rotatable bonds is 3. The van der Waals surface area contributed by atoms with Crippen molar-refractivity contribution in [2.45, 2.75) is 11.8 Å². The molecule has 0 aliphatic rings. The number of aryl methyl sites for hydroxylation is 1. The van der Waals surface area contributed by atoms with E-state index in [4.69, 9.17) is 0 Å². The third kappa shape index (κ3) is 2.78. The predicted molar refractivity (Wildman–Crippen MR) is 87.4 cm³/mol. The fourth-order valence-corrected chi connectivity index (χ4v) is 2.57. The van der Waals surface area contributed by atoms with Crippen LogP contribution in [0, 0.1) is 6.92 Å². The Kier molecular flexibility index (Phi) is 3.66. The number of fused-ring (bicyclic) bond motifs is 1. The molecule has 3 aromatic rings. The van der Waals surface area contributed by atoms with Crippen LogP contribution in [0.4, 0.5) is 11.5 Å². The van der Waals surface area contributed by atoms with Gasteiger partial charge in [-0.15, -0.1) is 11.8 Å². The number of hydrogen-bond donors (Lipinski definition) is 2. The van der Waals surface area contributed by atoms with Crippen LogP contribution in [0.1, 0.15) is 5.56 Å². The van der Waals surface area contributed by atoms with Crippen LogP contribution in [0.3, 0.4) is 0 Å². The second kappa shape index (κ2) is 5.61. The Balaban J connectivity index is 2.09. The van der Waals surface area contributed by atoms with Gasteiger partial charge in [0.2, 0.25) is 0 Å². The Bertz CT molecular complexity index is 805. The highest BCUT2D eigenvalue weighted by molar-refractivity contribution is 7.98. The predicted octanol–water partition coefficient (Wildman–Crippen LogP) is 4.11. The molecule has 1 aromatic heterocycles. The van der Waals surface area contributed by atoms with Crippen molar-refractivity contribution in [3.8, 4) is 5.75 Å². The standard InChI is InChI=1S/C16H15N3OS/c1-10-3-4-11(20)7-15(10)19-16-13-8-12(21-2)5-6-14(13)17-9-18-16/h3-9,20H,1-2H3,(H,17,18,19). The fourth-order valence-electron chi connectivity index (χ4n) is 2.13. The van der Waals surface area contributed by atoms with Crippen molar-refractivity contribution in [3.63, 3.8) is 0 Å². The monoisotopic (exact) mass is 297 g/mol. The van der Waals surface area contributed by atoms with Gasteiger partial charge in [0.15, 0.2) is 0 Å². The van der Waals surface area contributed by atoms with E-state index in [9.17, 15) is 5.11 Å². The zero-order valence-electron chi connectivity index (χ0n) is 11.8. The molecule has 0 bridgehead atoms.